The van der Waals surface area contributed by atoms with Crippen LogP contribution in [-0.2, 0) is 0 Å². The second-order valence-corrected chi connectivity index (χ2v) is 5.17. The normalized spacial score (nSPS) is 13.6. The van der Waals surface area contributed by atoms with Gasteiger partial charge in [0.05, 0.1) is 11.8 Å². The molecule has 2 N–H and O–H groups in total. The van der Waals surface area contributed by atoms with Crippen LogP contribution in [-0.4, -0.2) is 22.7 Å². The summed E-state index contributed by atoms with van der Waals surface area (Å²) < 4.78 is 18.5. The standard InChI is InChI=1S/C16H19FN2O3/c1-3-10(2)13-8-15(22-19-13)16(21)18-9-14(20)11-6-4-5-7-12(11)17/h4-8,10,14,20H,3,9H2,1-2H3,(H,18,21). The van der Waals surface area contributed by atoms with E-state index >= 15 is 0 Å². The molecule has 0 radical (unpaired) electrons. The Morgan fingerprint density at radius 3 is 2.86 bits per heavy atom. The van der Waals surface area contributed by atoms with Crippen LogP contribution in [0.3, 0.4) is 0 Å². The minimum absolute atomic E-state index is 0.0797. The Bertz CT molecular complexity index is 642. The maximum Gasteiger partial charge on any atom is 0.290 e. The van der Waals surface area contributed by atoms with E-state index in [1.807, 2.05) is 13.8 Å². The van der Waals surface area contributed by atoms with Crippen molar-refractivity contribution >= 4 is 5.91 Å². The molecule has 0 fully saturated rings. The number of aliphatic hydroxyl groups excluding tert-OH is 1. The monoisotopic (exact) mass is 306 g/mol. The van der Waals surface area contributed by atoms with E-state index in [4.69, 9.17) is 4.52 Å². The topological polar surface area (TPSA) is 75.4 Å². The Morgan fingerprint density at radius 2 is 2.18 bits per heavy atom. The van der Waals surface area contributed by atoms with E-state index in [1.54, 1.807) is 12.1 Å². The van der Waals surface area contributed by atoms with Gasteiger partial charge in [0.25, 0.3) is 5.91 Å². The van der Waals surface area contributed by atoms with Gasteiger partial charge < -0.3 is 14.9 Å². The fraction of sp³-hybridized carbons (Fsp3) is 0.375. The summed E-state index contributed by atoms with van der Waals surface area (Å²) in [4.78, 5) is 11.9. The molecule has 1 amide bonds. The zero-order valence-corrected chi connectivity index (χ0v) is 12.5. The van der Waals surface area contributed by atoms with E-state index in [0.717, 1.165) is 6.42 Å². The lowest BCUT2D eigenvalue weighted by molar-refractivity contribution is 0.0878. The largest absolute Gasteiger partial charge is 0.386 e. The summed E-state index contributed by atoms with van der Waals surface area (Å²) in [7, 11) is 0. The van der Waals surface area contributed by atoms with Crippen LogP contribution in [0.2, 0.25) is 0 Å². The van der Waals surface area contributed by atoms with Gasteiger partial charge in [-0.05, 0) is 12.5 Å². The van der Waals surface area contributed by atoms with Crippen molar-refractivity contribution in [3.05, 3.63) is 53.2 Å². The third-order valence-electron chi connectivity index (χ3n) is 3.59. The van der Waals surface area contributed by atoms with Crippen LogP contribution in [0, 0.1) is 5.82 Å². The maximum absolute atomic E-state index is 13.5. The minimum atomic E-state index is -1.12. The molecule has 0 bridgehead atoms. The number of carbonyl (C=O) groups excluding carboxylic acids is 1. The number of hydrogen-bond acceptors (Lipinski definition) is 4. The predicted molar refractivity (Wildman–Crippen MR) is 78.9 cm³/mol. The van der Waals surface area contributed by atoms with Crippen molar-refractivity contribution in [3.63, 3.8) is 0 Å². The number of aliphatic hydroxyl groups is 1. The molecule has 2 rings (SSSR count). The highest BCUT2D eigenvalue weighted by Gasteiger charge is 2.18. The molecule has 1 heterocycles. The molecule has 118 valence electrons. The van der Waals surface area contributed by atoms with Crippen LogP contribution < -0.4 is 5.32 Å². The molecule has 2 atom stereocenters. The van der Waals surface area contributed by atoms with Crippen molar-refractivity contribution in [2.24, 2.45) is 0 Å². The molecule has 0 spiro atoms. The van der Waals surface area contributed by atoms with Crippen LogP contribution >= 0.6 is 0 Å². The zero-order valence-electron chi connectivity index (χ0n) is 12.5. The number of aromatic nitrogens is 1. The molecule has 5 nitrogen and oxygen atoms in total. The average Bonchev–Trinajstić information content (AvgIpc) is 3.02. The molecule has 6 heteroatoms. The van der Waals surface area contributed by atoms with Crippen LogP contribution in [0.1, 0.15) is 54.1 Å². The van der Waals surface area contributed by atoms with Crippen molar-refractivity contribution in [2.75, 3.05) is 6.54 Å². The van der Waals surface area contributed by atoms with E-state index in [0.29, 0.717) is 5.69 Å². The van der Waals surface area contributed by atoms with Gasteiger partial charge in [0.1, 0.15) is 5.82 Å². The van der Waals surface area contributed by atoms with Crippen molar-refractivity contribution < 1.29 is 18.8 Å². The molecule has 0 aliphatic rings. The quantitative estimate of drug-likeness (QED) is 0.860. The summed E-state index contributed by atoms with van der Waals surface area (Å²) in [5.74, 6) is -0.717. The number of halogens is 1. The summed E-state index contributed by atoms with van der Waals surface area (Å²) in [6, 6.07) is 7.48. The second-order valence-electron chi connectivity index (χ2n) is 5.17. The molecule has 2 aromatic rings. The molecule has 0 saturated carbocycles. The average molecular weight is 306 g/mol. The van der Waals surface area contributed by atoms with Gasteiger partial charge >= 0.3 is 0 Å². The highest BCUT2D eigenvalue weighted by Crippen LogP contribution is 2.19. The molecule has 2 unspecified atom stereocenters. The van der Waals surface area contributed by atoms with Crippen molar-refractivity contribution in [1.29, 1.82) is 0 Å². The Morgan fingerprint density at radius 1 is 1.45 bits per heavy atom. The summed E-state index contributed by atoms with van der Waals surface area (Å²) in [6.07, 6.45) is -0.235. The summed E-state index contributed by atoms with van der Waals surface area (Å²) in [6.45, 7) is 3.89. The Balaban J connectivity index is 1.95. The first-order chi connectivity index (χ1) is 10.5. The first kappa shape index (κ1) is 16.2. The maximum atomic E-state index is 13.5. The van der Waals surface area contributed by atoms with Crippen LogP contribution in [0.25, 0.3) is 0 Å². The number of rotatable bonds is 6. The van der Waals surface area contributed by atoms with Crippen molar-refractivity contribution in [1.82, 2.24) is 10.5 Å². The van der Waals surface area contributed by atoms with E-state index in [9.17, 15) is 14.3 Å². The summed E-state index contributed by atoms with van der Waals surface area (Å²) in [5.41, 5.74) is 0.850. The van der Waals surface area contributed by atoms with Gasteiger partial charge in [-0.15, -0.1) is 0 Å². The lowest BCUT2D eigenvalue weighted by Crippen LogP contribution is -2.28. The van der Waals surface area contributed by atoms with Gasteiger partial charge in [0.2, 0.25) is 5.76 Å². The van der Waals surface area contributed by atoms with Gasteiger partial charge in [-0.25, -0.2) is 4.39 Å². The van der Waals surface area contributed by atoms with Crippen molar-refractivity contribution in [2.45, 2.75) is 32.3 Å². The van der Waals surface area contributed by atoms with E-state index in [1.165, 1.54) is 18.2 Å². The highest BCUT2D eigenvalue weighted by molar-refractivity contribution is 5.91. The Labute approximate surface area is 128 Å². The summed E-state index contributed by atoms with van der Waals surface area (Å²) >= 11 is 0. The van der Waals surface area contributed by atoms with Gasteiger partial charge in [-0.1, -0.05) is 37.2 Å². The molecular formula is C16H19FN2O3. The SMILES string of the molecule is CCC(C)c1cc(C(=O)NCC(O)c2ccccc2F)on1. The molecule has 1 aromatic heterocycles. The first-order valence-electron chi connectivity index (χ1n) is 7.20. The van der Waals surface area contributed by atoms with E-state index < -0.39 is 17.8 Å². The molecule has 1 aromatic carbocycles. The minimum Gasteiger partial charge on any atom is -0.386 e. The van der Waals surface area contributed by atoms with Gasteiger partial charge in [0.15, 0.2) is 0 Å². The third-order valence-corrected chi connectivity index (χ3v) is 3.59. The zero-order chi connectivity index (χ0) is 16.1. The lowest BCUT2D eigenvalue weighted by atomic mass is 10.1. The predicted octanol–water partition coefficient (Wildman–Crippen LogP) is 2.79. The first-order valence-corrected chi connectivity index (χ1v) is 7.20. The summed E-state index contributed by atoms with van der Waals surface area (Å²) in [5, 5.41) is 16.3. The lowest BCUT2D eigenvalue weighted by Gasteiger charge is -2.12. The van der Waals surface area contributed by atoms with Gasteiger partial charge in [-0.3, -0.25) is 4.79 Å². The fourth-order valence-corrected chi connectivity index (χ4v) is 1.97. The molecule has 0 aliphatic heterocycles. The number of hydrogen-bond donors (Lipinski definition) is 2. The fourth-order valence-electron chi connectivity index (χ4n) is 1.97. The number of nitrogens with zero attached hydrogens (tertiary/aromatic N) is 1. The molecule has 0 saturated heterocycles. The molecule has 22 heavy (non-hydrogen) atoms. The van der Waals surface area contributed by atoms with Crippen LogP contribution in [0.4, 0.5) is 4.39 Å². The van der Waals surface area contributed by atoms with Crippen molar-refractivity contribution in [3.8, 4) is 0 Å². The number of benzene rings is 1. The highest BCUT2D eigenvalue weighted by atomic mass is 19.1. The van der Waals surface area contributed by atoms with E-state index in [-0.39, 0.29) is 23.8 Å². The smallest absolute Gasteiger partial charge is 0.290 e. The van der Waals surface area contributed by atoms with Gasteiger partial charge in [-0.2, -0.15) is 0 Å². The molecule has 0 aliphatic carbocycles. The number of nitrogens with one attached hydrogen (secondary N) is 1. The van der Waals surface area contributed by atoms with E-state index in [2.05, 4.69) is 10.5 Å². The Hall–Kier alpha value is -2.21. The van der Waals surface area contributed by atoms with Crippen LogP contribution in [0.15, 0.2) is 34.9 Å². The second kappa shape index (κ2) is 7.17. The molecular weight excluding hydrogens is 287 g/mol. The van der Waals surface area contributed by atoms with Gasteiger partial charge in [0, 0.05) is 24.1 Å². The van der Waals surface area contributed by atoms with Crippen LogP contribution in [0.5, 0.6) is 0 Å². The number of carbonyl (C=O) groups is 1. The number of amides is 1. The third kappa shape index (κ3) is 3.71. The Kier molecular flexibility index (Phi) is 5.27.